The van der Waals surface area contributed by atoms with Crippen LogP contribution >= 0.6 is 11.6 Å². The molecule has 94 valence electrons. The minimum atomic E-state index is -0.262. The number of nitrogens with zero attached hydrogens (tertiary/aromatic N) is 1. The van der Waals surface area contributed by atoms with Gasteiger partial charge in [0.2, 0.25) is 0 Å². The minimum Gasteiger partial charge on any atom is -0.392 e. The molecular weight excluding hydrogens is 234 g/mol. The van der Waals surface area contributed by atoms with Gasteiger partial charge in [0.15, 0.2) is 0 Å². The fraction of sp³-hybridized carbons (Fsp3) is 0.643. The van der Waals surface area contributed by atoms with E-state index in [1.54, 1.807) is 12.4 Å². The van der Waals surface area contributed by atoms with Gasteiger partial charge in [-0.15, -0.1) is 0 Å². The molecule has 1 unspecified atom stereocenters. The van der Waals surface area contributed by atoms with Gasteiger partial charge in [-0.3, -0.25) is 4.98 Å². The van der Waals surface area contributed by atoms with E-state index in [1.807, 2.05) is 6.07 Å². The van der Waals surface area contributed by atoms with Crippen LogP contribution in [0.15, 0.2) is 18.5 Å². The molecule has 0 bridgehead atoms. The van der Waals surface area contributed by atoms with Crippen LogP contribution in [-0.2, 0) is 6.42 Å². The van der Waals surface area contributed by atoms with Gasteiger partial charge in [-0.1, -0.05) is 31.4 Å². The number of aliphatic hydroxyl groups excluding tert-OH is 1. The predicted molar refractivity (Wildman–Crippen MR) is 70.1 cm³/mol. The van der Waals surface area contributed by atoms with Crippen LogP contribution in [0.5, 0.6) is 0 Å². The van der Waals surface area contributed by atoms with Crippen LogP contribution in [-0.4, -0.2) is 16.2 Å². The molecule has 1 aliphatic carbocycles. The van der Waals surface area contributed by atoms with Gasteiger partial charge < -0.3 is 5.11 Å². The molecule has 3 heteroatoms. The van der Waals surface area contributed by atoms with Crippen molar-refractivity contribution in [3.63, 3.8) is 0 Å². The maximum Gasteiger partial charge on any atom is 0.0622 e. The van der Waals surface area contributed by atoms with E-state index in [9.17, 15) is 5.11 Å². The van der Waals surface area contributed by atoms with E-state index in [2.05, 4.69) is 11.9 Å². The topological polar surface area (TPSA) is 33.1 Å². The van der Waals surface area contributed by atoms with Gasteiger partial charge in [0.25, 0.3) is 0 Å². The fourth-order valence-corrected chi connectivity index (χ4v) is 2.83. The molecular formula is C14H20ClNO. The van der Waals surface area contributed by atoms with Crippen molar-refractivity contribution in [2.45, 2.75) is 45.1 Å². The highest BCUT2D eigenvalue weighted by atomic mass is 35.5. The lowest BCUT2D eigenvalue weighted by Crippen LogP contribution is -2.27. The summed E-state index contributed by atoms with van der Waals surface area (Å²) in [5.74, 6) is 1.26. The zero-order valence-corrected chi connectivity index (χ0v) is 11.0. The lowest BCUT2D eigenvalue weighted by molar-refractivity contribution is 0.0761. The van der Waals surface area contributed by atoms with Gasteiger partial charge in [0.1, 0.15) is 0 Å². The molecule has 0 saturated heterocycles. The van der Waals surface area contributed by atoms with E-state index in [-0.39, 0.29) is 6.10 Å². The SMILES string of the molecule is CC1CCC(C(O)Cc2ccncc2Cl)CC1. The second kappa shape index (κ2) is 5.83. The van der Waals surface area contributed by atoms with Crippen molar-refractivity contribution < 1.29 is 5.11 Å². The number of pyridine rings is 1. The second-order valence-electron chi connectivity index (χ2n) is 5.26. The maximum absolute atomic E-state index is 10.3. The average molecular weight is 254 g/mol. The Morgan fingerprint density at radius 2 is 2.12 bits per heavy atom. The molecule has 0 aromatic carbocycles. The van der Waals surface area contributed by atoms with E-state index >= 15 is 0 Å². The molecule has 1 aromatic rings. The number of halogens is 1. The first kappa shape index (κ1) is 12.8. The Morgan fingerprint density at radius 3 is 2.76 bits per heavy atom. The highest BCUT2D eigenvalue weighted by molar-refractivity contribution is 6.31. The van der Waals surface area contributed by atoms with Crippen molar-refractivity contribution in [1.82, 2.24) is 4.98 Å². The summed E-state index contributed by atoms with van der Waals surface area (Å²) >= 11 is 6.06. The summed E-state index contributed by atoms with van der Waals surface area (Å²) in [5, 5.41) is 10.9. The molecule has 17 heavy (non-hydrogen) atoms. The lowest BCUT2D eigenvalue weighted by Gasteiger charge is -2.30. The van der Waals surface area contributed by atoms with E-state index in [1.165, 1.54) is 12.8 Å². The summed E-state index contributed by atoms with van der Waals surface area (Å²) in [7, 11) is 0. The standard InChI is InChI=1S/C14H20ClNO/c1-10-2-4-11(5-3-10)14(17)8-12-6-7-16-9-13(12)15/h6-7,9-11,14,17H,2-5,8H2,1H3. The van der Waals surface area contributed by atoms with Crippen LogP contribution in [0.25, 0.3) is 0 Å². The van der Waals surface area contributed by atoms with Crippen LogP contribution in [0.3, 0.4) is 0 Å². The molecule has 1 aromatic heterocycles. The predicted octanol–water partition coefficient (Wildman–Crippen LogP) is 3.46. The average Bonchev–Trinajstić information content (AvgIpc) is 2.33. The summed E-state index contributed by atoms with van der Waals surface area (Å²) in [4.78, 5) is 3.96. The van der Waals surface area contributed by atoms with E-state index in [0.29, 0.717) is 17.4 Å². The minimum absolute atomic E-state index is 0.262. The van der Waals surface area contributed by atoms with Crippen LogP contribution in [0.1, 0.15) is 38.2 Å². The third kappa shape index (κ3) is 3.43. The molecule has 1 fully saturated rings. The van der Waals surface area contributed by atoms with Crippen molar-refractivity contribution in [2.75, 3.05) is 0 Å². The molecule has 0 aliphatic heterocycles. The fourth-order valence-electron chi connectivity index (χ4n) is 2.63. The molecule has 0 radical (unpaired) electrons. The van der Waals surface area contributed by atoms with E-state index < -0.39 is 0 Å². The Hall–Kier alpha value is -0.600. The van der Waals surface area contributed by atoms with Crippen molar-refractivity contribution in [3.05, 3.63) is 29.0 Å². The molecule has 1 N–H and O–H groups in total. The normalized spacial score (nSPS) is 26.8. The number of hydrogen-bond acceptors (Lipinski definition) is 2. The van der Waals surface area contributed by atoms with Crippen LogP contribution in [0, 0.1) is 11.8 Å². The molecule has 2 nitrogen and oxygen atoms in total. The maximum atomic E-state index is 10.3. The third-order valence-corrected chi connectivity index (χ3v) is 4.23. The largest absolute Gasteiger partial charge is 0.392 e. The molecule has 1 saturated carbocycles. The Balaban J connectivity index is 1.93. The van der Waals surface area contributed by atoms with Crippen molar-refractivity contribution in [2.24, 2.45) is 11.8 Å². The molecule has 2 rings (SSSR count). The van der Waals surface area contributed by atoms with Crippen molar-refractivity contribution in [1.29, 1.82) is 0 Å². The highest BCUT2D eigenvalue weighted by Crippen LogP contribution is 2.32. The quantitative estimate of drug-likeness (QED) is 0.895. The Bertz CT molecular complexity index is 361. The second-order valence-corrected chi connectivity index (χ2v) is 5.67. The van der Waals surface area contributed by atoms with Gasteiger partial charge in [0.05, 0.1) is 11.1 Å². The van der Waals surface area contributed by atoms with Gasteiger partial charge >= 0.3 is 0 Å². The van der Waals surface area contributed by atoms with Crippen LogP contribution < -0.4 is 0 Å². The van der Waals surface area contributed by atoms with Gasteiger partial charge in [-0.25, -0.2) is 0 Å². The van der Waals surface area contributed by atoms with Crippen LogP contribution in [0.2, 0.25) is 5.02 Å². The summed E-state index contributed by atoms with van der Waals surface area (Å²) < 4.78 is 0. The van der Waals surface area contributed by atoms with E-state index in [0.717, 1.165) is 24.3 Å². The van der Waals surface area contributed by atoms with Gasteiger partial charge in [-0.2, -0.15) is 0 Å². The summed E-state index contributed by atoms with van der Waals surface area (Å²) in [6.45, 7) is 2.29. The van der Waals surface area contributed by atoms with E-state index in [4.69, 9.17) is 11.6 Å². The van der Waals surface area contributed by atoms with Gasteiger partial charge in [0, 0.05) is 18.8 Å². The lowest BCUT2D eigenvalue weighted by atomic mass is 9.79. The summed E-state index contributed by atoms with van der Waals surface area (Å²) in [6.07, 6.45) is 8.54. The number of aromatic nitrogens is 1. The number of aliphatic hydroxyl groups is 1. The first-order valence-electron chi connectivity index (χ1n) is 6.43. The van der Waals surface area contributed by atoms with Crippen molar-refractivity contribution >= 4 is 11.6 Å². The first-order valence-corrected chi connectivity index (χ1v) is 6.81. The Labute approximate surface area is 108 Å². The smallest absolute Gasteiger partial charge is 0.0622 e. The Kier molecular flexibility index (Phi) is 4.41. The molecule has 1 aliphatic rings. The monoisotopic (exact) mass is 253 g/mol. The van der Waals surface area contributed by atoms with Crippen LogP contribution in [0.4, 0.5) is 0 Å². The Morgan fingerprint density at radius 1 is 1.41 bits per heavy atom. The van der Waals surface area contributed by atoms with Crippen molar-refractivity contribution in [3.8, 4) is 0 Å². The number of hydrogen-bond donors (Lipinski definition) is 1. The molecule has 1 atom stereocenters. The van der Waals surface area contributed by atoms with Gasteiger partial charge in [-0.05, 0) is 36.3 Å². The summed E-state index contributed by atoms with van der Waals surface area (Å²) in [6, 6.07) is 1.90. The zero-order valence-electron chi connectivity index (χ0n) is 10.3. The number of rotatable bonds is 3. The third-order valence-electron chi connectivity index (χ3n) is 3.89. The first-order chi connectivity index (χ1) is 8.16. The molecule has 0 spiro atoms. The zero-order chi connectivity index (χ0) is 12.3. The summed E-state index contributed by atoms with van der Waals surface area (Å²) in [5.41, 5.74) is 1.01. The molecule has 0 amide bonds. The molecule has 1 heterocycles. The highest BCUT2D eigenvalue weighted by Gasteiger charge is 2.25.